The molecule has 0 unspecified atom stereocenters. The standard InChI is InChI=1S/C24H24Cl2N2O4S/c1-15(2)19-7-4-5-10-22(19)32-16(3)24(29)27-17-11-13-18(14-12-17)33(30,31)28-21-9-6-8-20(25)23(21)26/h4-16,28H,1-3H3,(H,27,29)/t16-/m0/s1. The number of carbonyl (C=O) groups excluding carboxylic acids is 1. The Morgan fingerprint density at radius 3 is 2.24 bits per heavy atom. The molecule has 9 heteroatoms. The van der Waals surface area contributed by atoms with Crippen molar-refractivity contribution in [2.45, 2.75) is 37.7 Å². The van der Waals surface area contributed by atoms with E-state index in [1.165, 1.54) is 30.3 Å². The highest BCUT2D eigenvalue weighted by Gasteiger charge is 2.19. The molecule has 1 atom stereocenters. The van der Waals surface area contributed by atoms with Crippen LogP contribution in [-0.2, 0) is 14.8 Å². The van der Waals surface area contributed by atoms with Gasteiger partial charge in [0.2, 0.25) is 0 Å². The van der Waals surface area contributed by atoms with Gasteiger partial charge in [-0.05, 0) is 60.9 Å². The van der Waals surface area contributed by atoms with Gasteiger partial charge >= 0.3 is 0 Å². The number of nitrogens with one attached hydrogen (secondary N) is 2. The van der Waals surface area contributed by atoms with Gasteiger partial charge < -0.3 is 10.1 Å². The van der Waals surface area contributed by atoms with Gasteiger partial charge in [-0.15, -0.1) is 0 Å². The van der Waals surface area contributed by atoms with E-state index in [0.29, 0.717) is 11.4 Å². The molecule has 0 fully saturated rings. The molecule has 3 aromatic rings. The first kappa shape index (κ1) is 24.9. The van der Waals surface area contributed by atoms with Crippen molar-refractivity contribution in [3.05, 3.63) is 82.3 Å². The summed E-state index contributed by atoms with van der Waals surface area (Å²) in [5.74, 6) is 0.552. The molecule has 0 aromatic heterocycles. The molecule has 174 valence electrons. The van der Waals surface area contributed by atoms with Gasteiger partial charge in [-0.25, -0.2) is 8.42 Å². The summed E-state index contributed by atoms with van der Waals surface area (Å²) in [5.41, 5.74) is 1.63. The van der Waals surface area contributed by atoms with Crippen molar-refractivity contribution >= 4 is 50.5 Å². The first-order valence-electron chi connectivity index (χ1n) is 10.2. The number of carbonyl (C=O) groups is 1. The minimum atomic E-state index is -3.90. The number of halogens is 2. The van der Waals surface area contributed by atoms with E-state index in [0.717, 1.165) is 5.56 Å². The minimum Gasteiger partial charge on any atom is -0.481 e. The van der Waals surface area contributed by atoms with E-state index in [9.17, 15) is 13.2 Å². The van der Waals surface area contributed by atoms with Gasteiger partial charge in [0.15, 0.2) is 6.10 Å². The van der Waals surface area contributed by atoms with Crippen LogP contribution in [-0.4, -0.2) is 20.4 Å². The minimum absolute atomic E-state index is 0.00620. The van der Waals surface area contributed by atoms with E-state index in [1.54, 1.807) is 19.1 Å². The van der Waals surface area contributed by atoms with E-state index in [2.05, 4.69) is 23.9 Å². The number of para-hydroxylation sites is 1. The van der Waals surface area contributed by atoms with Crippen molar-refractivity contribution < 1.29 is 17.9 Å². The summed E-state index contributed by atoms with van der Waals surface area (Å²) in [7, 11) is -3.90. The van der Waals surface area contributed by atoms with Crippen LogP contribution < -0.4 is 14.8 Å². The van der Waals surface area contributed by atoms with Crippen LogP contribution in [0.25, 0.3) is 0 Å². The Hall–Kier alpha value is -2.74. The molecule has 0 radical (unpaired) electrons. The third kappa shape index (κ3) is 6.19. The molecular formula is C24H24Cl2N2O4S. The number of anilines is 2. The van der Waals surface area contributed by atoms with Gasteiger partial charge in [0.1, 0.15) is 5.75 Å². The number of hydrogen-bond donors (Lipinski definition) is 2. The molecule has 6 nitrogen and oxygen atoms in total. The predicted octanol–water partition coefficient (Wildman–Crippen LogP) is 6.32. The SMILES string of the molecule is CC(C)c1ccccc1O[C@@H](C)C(=O)Nc1ccc(S(=O)(=O)Nc2cccc(Cl)c2Cl)cc1. The number of ether oxygens (including phenoxy) is 1. The lowest BCUT2D eigenvalue weighted by atomic mass is 10.0. The summed E-state index contributed by atoms with van der Waals surface area (Å²) >= 11 is 12.0. The van der Waals surface area contributed by atoms with Gasteiger partial charge in [0, 0.05) is 5.69 Å². The number of sulfonamides is 1. The van der Waals surface area contributed by atoms with E-state index in [1.807, 2.05) is 24.3 Å². The lowest BCUT2D eigenvalue weighted by Gasteiger charge is -2.18. The van der Waals surface area contributed by atoms with Crippen LogP contribution in [0.4, 0.5) is 11.4 Å². The maximum absolute atomic E-state index is 12.7. The Kier molecular flexibility index (Phi) is 7.89. The van der Waals surface area contributed by atoms with Gasteiger partial charge in [0.05, 0.1) is 20.6 Å². The topological polar surface area (TPSA) is 84.5 Å². The van der Waals surface area contributed by atoms with Crippen LogP contribution in [0, 0.1) is 0 Å². The summed E-state index contributed by atoms with van der Waals surface area (Å²) in [6, 6.07) is 18.0. The number of rotatable bonds is 8. The lowest BCUT2D eigenvalue weighted by Crippen LogP contribution is -2.30. The molecule has 33 heavy (non-hydrogen) atoms. The Balaban J connectivity index is 1.67. The van der Waals surface area contributed by atoms with Crippen molar-refractivity contribution in [1.29, 1.82) is 0 Å². The van der Waals surface area contributed by atoms with Crippen molar-refractivity contribution in [2.24, 2.45) is 0 Å². The molecular weight excluding hydrogens is 483 g/mol. The fourth-order valence-electron chi connectivity index (χ4n) is 3.06. The second-order valence-corrected chi connectivity index (χ2v) is 10.1. The Labute approximate surface area is 203 Å². The molecule has 0 saturated carbocycles. The fourth-order valence-corrected chi connectivity index (χ4v) is 4.53. The number of amides is 1. The Morgan fingerprint density at radius 1 is 0.909 bits per heavy atom. The molecule has 0 bridgehead atoms. The normalized spacial score (nSPS) is 12.3. The number of hydrogen-bond acceptors (Lipinski definition) is 4. The maximum Gasteiger partial charge on any atom is 0.265 e. The third-order valence-corrected chi connectivity index (χ3v) is 7.04. The molecule has 0 aliphatic rings. The van der Waals surface area contributed by atoms with Crippen LogP contribution in [0.5, 0.6) is 5.75 Å². The average molecular weight is 507 g/mol. The van der Waals surface area contributed by atoms with Crippen molar-refractivity contribution in [3.63, 3.8) is 0 Å². The molecule has 0 spiro atoms. The summed E-state index contributed by atoms with van der Waals surface area (Å²) in [6.45, 7) is 5.76. The predicted molar refractivity (Wildman–Crippen MR) is 133 cm³/mol. The first-order valence-corrected chi connectivity index (χ1v) is 12.5. The molecule has 3 aromatic carbocycles. The smallest absolute Gasteiger partial charge is 0.265 e. The van der Waals surface area contributed by atoms with Gasteiger partial charge in [-0.3, -0.25) is 9.52 Å². The fraction of sp³-hybridized carbons (Fsp3) is 0.208. The summed E-state index contributed by atoms with van der Waals surface area (Å²) in [6.07, 6.45) is -0.750. The number of benzene rings is 3. The van der Waals surface area contributed by atoms with E-state index in [-0.39, 0.29) is 32.5 Å². The van der Waals surface area contributed by atoms with Crippen molar-refractivity contribution in [1.82, 2.24) is 0 Å². The second-order valence-electron chi connectivity index (χ2n) is 7.67. The maximum atomic E-state index is 12.7. The Bertz CT molecular complexity index is 1250. The quantitative estimate of drug-likeness (QED) is 0.374. The van der Waals surface area contributed by atoms with Crippen molar-refractivity contribution in [3.8, 4) is 5.75 Å². The second kappa shape index (κ2) is 10.5. The van der Waals surface area contributed by atoms with Crippen LogP contribution in [0.1, 0.15) is 32.3 Å². The molecule has 0 aliphatic heterocycles. The third-order valence-electron chi connectivity index (χ3n) is 4.84. The zero-order valence-corrected chi connectivity index (χ0v) is 20.6. The van der Waals surface area contributed by atoms with E-state index < -0.39 is 16.1 Å². The average Bonchev–Trinajstić information content (AvgIpc) is 2.77. The zero-order valence-electron chi connectivity index (χ0n) is 18.3. The Morgan fingerprint density at radius 2 is 1.58 bits per heavy atom. The van der Waals surface area contributed by atoms with Crippen LogP contribution in [0.15, 0.2) is 71.6 Å². The molecule has 3 rings (SSSR count). The monoisotopic (exact) mass is 506 g/mol. The molecule has 0 heterocycles. The molecule has 0 aliphatic carbocycles. The van der Waals surface area contributed by atoms with Crippen LogP contribution >= 0.6 is 23.2 Å². The zero-order chi connectivity index (χ0) is 24.2. The summed E-state index contributed by atoms with van der Waals surface area (Å²) < 4.78 is 33.6. The van der Waals surface area contributed by atoms with Crippen molar-refractivity contribution in [2.75, 3.05) is 10.0 Å². The van der Waals surface area contributed by atoms with E-state index in [4.69, 9.17) is 27.9 Å². The van der Waals surface area contributed by atoms with Crippen LogP contribution in [0.3, 0.4) is 0 Å². The largest absolute Gasteiger partial charge is 0.481 e. The van der Waals surface area contributed by atoms with Crippen LogP contribution in [0.2, 0.25) is 10.0 Å². The lowest BCUT2D eigenvalue weighted by molar-refractivity contribution is -0.122. The summed E-state index contributed by atoms with van der Waals surface area (Å²) in [4.78, 5) is 12.6. The highest BCUT2D eigenvalue weighted by molar-refractivity contribution is 7.92. The van der Waals surface area contributed by atoms with Gasteiger partial charge in [0.25, 0.3) is 15.9 Å². The van der Waals surface area contributed by atoms with Gasteiger partial charge in [-0.1, -0.05) is 61.3 Å². The van der Waals surface area contributed by atoms with E-state index >= 15 is 0 Å². The first-order chi connectivity index (χ1) is 15.6. The summed E-state index contributed by atoms with van der Waals surface area (Å²) in [5, 5.41) is 3.09. The molecule has 2 N–H and O–H groups in total. The highest BCUT2D eigenvalue weighted by atomic mass is 35.5. The van der Waals surface area contributed by atoms with Gasteiger partial charge in [-0.2, -0.15) is 0 Å². The highest BCUT2D eigenvalue weighted by Crippen LogP contribution is 2.31. The molecule has 1 amide bonds. The molecule has 0 saturated heterocycles.